The highest BCUT2D eigenvalue weighted by Gasteiger charge is 2.21. The number of nitrogens with zero attached hydrogens (tertiary/aromatic N) is 3. The molecule has 2 N–H and O–H groups in total. The minimum Gasteiger partial charge on any atom is -0.481 e. The number of carbonyl (C=O) groups is 6. The zero-order valence-electron chi connectivity index (χ0n) is 21.6. The van der Waals surface area contributed by atoms with Crippen LogP contribution < -0.4 is 17.1 Å². The first-order valence-corrected chi connectivity index (χ1v) is 11.9. The number of esters is 2. The van der Waals surface area contributed by atoms with Gasteiger partial charge >= 0.3 is 40.9 Å². The van der Waals surface area contributed by atoms with Gasteiger partial charge in [-0.2, -0.15) is 0 Å². The van der Waals surface area contributed by atoms with Gasteiger partial charge in [0.2, 0.25) is 0 Å². The Morgan fingerprint density at radius 3 is 1.46 bits per heavy atom. The monoisotopic (exact) mass is 557 g/mol. The summed E-state index contributed by atoms with van der Waals surface area (Å²) < 4.78 is 11.4. The molecule has 0 aromatic carbocycles. The Morgan fingerprint density at radius 1 is 0.692 bits per heavy atom. The molecule has 1 heterocycles. The zero-order valence-corrected chi connectivity index (χ0v) is 21.6. The number of carbonyl (C=O) groups excluding carboxylic acids is 4. The number of Topliss-reactive ketones (excluding diaryl/α,β-unsaturated/α-hetero) is 2. The molecule has 0 aliphatic carbocycles. The SMILES string of the molecule is CC(=O)CC(=O)OCCn1c(=O)n(CCOC(=O)CC(C)=O)c(=O)n(CCC(CCCC(=O)O)C(=O)O)c1=O. The highest BCUT2D eigenvalue weighted by Crippen LogP contribution is 2.14. The average Bonchev–Trinajstić information content (AvgIpc) is 2.80. The molecule has 0 fully saturated rings. The summed E-state index contributed by atoms with van der Waals surface area (Å²) in [5, 5.41) is 18.2. The molecule has 1 atom stereocenters. The van der Waals surface area contributed by atoms with E-state index >= 15 is 0 Å². The number of aromatic nitrogens is 3. The average molecular weight is 558 g/mol. The Labute approximate surface area is 220 Å². The molecule has 0 bridgehead atoms. The quantitative estimate of drug-likeness (QED) is 0.156. The second-order valence-corrected chi connectivity index (χ2v) is 8.61. The summed E-state index contributed by atoms with van der Waals surface area (Å²) in [5.41, 5.74) is -3.36. The minimum absolute atomic E-state index is 0.0393. The number of hydrogen-bond acceptors (Lipinski definition) is 11. The van der Waals surface area contributed by atoms with Crippen LogP contribution in [0.1, 0.15) is 52.4 Å². The number of carboxylic acids is 2. The molecule has 0 spiro atoms. The van der Waals surface area contributed by atoms with Crippen LogP contribution in [0.15, 0.2) is 14.4 Å². The lowest BCUT2D eigenvalue weighted by Gasteiger charge is -2.16. The normalized spacial score (nSPS) is 11.4. The number of hydrogen-bond donors (Lipinski definition) is 2. The van der Waals surface area contributed by atoms with Crippen molar-refractivity contribution in [3.05, 3.63) is 31.5 Å². The highest BCUT2D eigenvalue weighted by atomic mass is 16.5. The molecule has 1 aromatic rings. The number of ketones is 2. The summed E-state index contributed by atoms with van der Waals surface area (Å²) in [5.74, 6) is -6.20. The third-order valence-electron chi connectivity index (χ3n) is 5.32. The van der Waals surface area contributed by atoms with Crippen molar-refractivity contribution >= 4 is 35.4 Å². The number of ether oxygens (including phenoxy) is 2. The maximum Gasteiger partial charge on any atom is 0.336 e. The molecule has 16 heteroatoms. The third-order valence-corrected chi connectivity index (χ3v) is 5.32. The predicted octanol–water partition coefficient (Wildman–Crippen LogP) is -1.44. The molecule has 39 heavy (non-hydrogen) atoms. The summed E-state index contributed by atoms with van der Waals surface area (Å²) in [6.07, 6.45) is -1.56. The first-order chi connectivity index (χ1) is 18.2. The van der Waals surface area contributed by atoms with Crippen molar-refractivity contribution in [2.75, 3.05) is 13.2 Å². The molecule has 1 unspecified atom stereocenters. The van der Waals surface area contributed by atoms with Crippen molar-refractivity contribution in [3.8, 4) is 0 Å². The predicted molar refractivity (Wildman–Crippen MR) is 129 cm³/mol. The topological polar surface area (TPSA) is 227 Å². The molecule has 0 saturated heterocycles. The van der Waals surface area contributed by atoms with Crippen LogP contribution in [-0.2, 0) is 57.9 Å². The van der Waals surface area contributed by atoms with Gasteiger partial charge in [0, 0.05) is 13.0 Å². The first kappa shape index (κ1) is 32.7. The maximum atomic E-state index is 13.0. The van der Waals surface area contributed by atoms with Crippen LogP contribution in [-0.4, -0.2) is 72.6 Å². The van der Waals surface area contributed by atoms with E-state index in [1.807, 2.05) is 0 Å². The Balaban J connectivity index is 3.25. The zero-order chi connectivity index (χ0) is 29.7. The highest BCUT2D eigenvalue weighted by molar-refractivity contribution is 5.94. The molecule has 16 nitrogen and oxygen atoms in total. The fraction of sp³-hybridized carbons (Fsp3) is 0.609. The van der Waals surface area contributed by atoms with Crippen molar-refractivity contribution in [2.45, 2.75) is 72.0 Å². The summed E-state index contributed by atoms with van der Waals surface area (Å²) in [6.45, 7) is -0.138. The molecule has 1 aromatic heterocycles. The van der Waals surface area contributed by atoms with E-state index in [9.17, 15) is 48.3 Å². The smallest absolute Gasteiger partial charge is 0.336 e. The van der Waals surface area contributed by atoms with Crippen LogP contribution in [0, 0.1) is 5.92 Å². The minimum atomic E-state index is -1.27. The molecule has 0 radical (unpaired) electrons. The lowest BCUT2D eigenvalue weighted by atomic mass is 9.98. The van der Waals surface area contributed by atoms with Crippen LogP contribution in [0.2, 0.25) is 0 Å². The summed E-state index contributed by atoms with van der Waals surface area (Å²) in [6, 6.07) is 0. The Hall–Kier alpha value is -4.37. The van der Waals surface area contributed by atoms with Crippen molar-refractivity contribution < 1.29 is 48.5 Å². The third kappa shape index (κ3) is 11.3. The first-order valence-electron chi connectivity index (χ1n) is 11.9. The molecular formula is C23H31N3O13. The van der Waals surface area contributed by atoms with E-state index in [1.54, 1.807) is 0 Å². The van der Waals surface area contributed by atoms with Crippen LogP contribution in [0.4, 0.5) is 0 Å². The van der Waals surface area contributed by atoms with E-state index < -0.39 is 104 Å². The maximum absolute atomic E-state index is 13.0. The van der Waals surface area contributed by atoms with Crippen molar-refractivity contribution in [3.63, 3.8) is 0 Å². The Morgan fingerprint density at radius 2 is 1.10 bits per heavy atom. The number of rotatable bonds is 18. The van der Waals surface area contributed by atoms with Crippen molar-refractivity contribution in [1.29, 1.82) is 0 Å². The van der Waals surface area contributed by atoms with Gasteiger partial charge in [-0.15, -0.1) is 0 Å². The van der Waals surface area contributed by atoms with E-state index in [0.717, 1.165) is 13.8 Å². The molecular weight excluding hydrogens is 526 g/mol. The van der Waals surface area contributed by atoms with Crippen LogP contribution >= 0.6 is 0 Å². The van der Waals surface area contributed by atoms with E-state index in [2.05, 4.69) is 0 Å². The van der Waals surface area contributed by atoms with Gasteiger partial charge in [-0.05, 0) is 33.1 Å². The summed E-state index contributed by atoms with van der Waals surface area (Å²) >= 11 is 0. The largest absolute Gasteiger partial charge is 0.481 e. The lowest BCUT2D eigenvalue weighted by molar-refractivity contribution is -0.147. The van der Waals surface area contributed by atoms with Crippen LogP contribution in [0.3, 0.4) is 0 Å². The van der Waals surface area contributed by atoms with Crippen LogP contribution in [0.5, 0.6) is 0 Å². The van der Waals surface area contributed by atoms with Gasteiger partial charge in [-0.3, -0.25) is 28.8 Å². The van der Waals surface area contributed by atoms with E-state index in [-0.39, 0.29) is 25.7 Å². The Bertz CT molecular complexity index is 1200. The van der Waals surface area contributed by atoms with Gasteiger partial charge in [0.05, 0.1) is 19.0 Å². The lowest BCUT2D eigenvalue weighted by Crippen LogP contribution is -2.55. The van der Waals surface area contributed by atoms with E-state index in [0.29, 0.717) is 13.7 Å². The van der Waals surface area contributed by atoms with Gasteiger partial charge in [0.15, 0.2) is 0 Å². The number of aliphatic carboxylic acids is 2. The van der Waals surface area contributed by atoms with E-state index in [4.69, 9.17) is 14.6 Å². The van der Waals surface area contributed by atoms with Gasteiger partial charge in [-0.25, -0.2) is 28.1 Å². The molecule has 1 rings (SSSR count). The fourth-order valence-corrected chi connectivity index (χ4v) is 3.44. The van der Waals surface area contributed by atoms with Gasteiger partial charge in [-0.1, -0.05) is 0 Å². The van der Waals surface area contributed by atoms with Gasteiger partial charge in [0.25, 0.3) is 0 Å². The van der Waals surface area contributed by atoms with Crippen LogP contribution in [0.25, 0.3) is 0 Å². The molecule has 216 valence electrons. The van der Waals surface area contributed by atoms with Crippen molar-refractivity contribution in [1.82, 2.24) is 13.7 Å². The molecule has 0 saturated carbocycles. The number of carboxylic acid groups (broad SMARTS) is 2. The standard InChI is InChI=1S/C23H31N3O13/c1-14(27)12-18(31)38-10-8-25-21(35)24(7-6-16(20(33)34)4-3-5-17(29)30)22(36)26(23(25)37)9-11-39-19(32)13-15(2)28/h16H,3-13H2,1-2H3,(H,29,30)(H,33,34). The fourth-order valence-electron chi connectivity index (χ4n) is 3.44. The van der Waals surface area contributed by atoms with E-state index in [1.165, 1.54) is 0 Å². The Kier molecular flexibility index (Phi) is 13.2. The molecule has 0 amide bonds. The molecule has 0 aliphatic rings. The summed E-state index contributed by atoms with van der Waals surface area (Å²) in [4.78, 5) is 106. The summed E-state index contributed by atoms with van der Waals surface area (Å²) in [7, 11) is 0. The van der Waals surface area contributed by atoms with Gasteiger partial charge in [0.1, 0.15) is 37.6 Å². The second kappa shape index (κ2) is 15.8. The van der Waals surface area contributed by atoms with Gasteiger partial charge < -0.3 is 19.7 Å². The second-order valence-electron chi connectivity index (χ2n) is 8.61. The van der Waals surface area contributed by atoms with Crippen molar-refractivity contribution in [2.24, 2.45) is 5.92 Å². The molecule has 0 aliphatic heterocycles.